The Hall–Kier alpha value is -1.49. The Kier molecular flexibility index (Phi) is 4.70. The van der Waals surface area contributed by atoms with Crippen molar-refractivity contribution in [2.45, 2.75) is 40.2 Å². The number of carbonyl (C=O) groups excluding carboxylic acids is 1. The first-order chi connectivity index (χ1) is 9.58. The van der Waals surface area contributed by atoms with Gasteiger partial charge in [-0.3, -0.25) is 14.5 Å². The lowest BCUT2D eigenvalue weighted by Gasteiger charge is -2.06. The first kappa shape index (κ1) is 14.9. The molecule has 2 rings (SSSR count). The molecule has 0 saturated carbocycles. The largest absolute Gasteiger partial charge is 0.294 e. The summed E-state index contributed by atoms with van der Waals surface area (Å²) in [5.41, 5.74) is 3.58. The van der Waals surface area contributed by atoms with Gasteiger partial charge in [-0.05, 0) is 47.8 Å². The van der Waals surface area contributed by atoms with Gasteiger partial charge in [-0.25, -0.2) is 0 Å². The van der Waals surface area contributed by atoms with Gasteiger partial charge < -0.3 is 0 Å². The Morgan fingerprint density at radius 1 is 1.40 bits per heavy atom. The third-order valence-electron chi connectivity index (χ3n) is 3.36. The molecule has 0 radical (unpaired) electrons. The number of ketones is 1. The predicted molar refractivity (Wildman–Crippen MR) is 82.0 cm³/mol. The maximum Gasteiger partial charge on any atom is 0.170 e. The predicted octanol–water partition coefficient (Wildman–Crippen LogP) is 3.36. The second kappa shape index (κ2) is 6.31. The number of nitrogens with zero attached hydrogens (tertiary/aromatic N) is 3. The molecule has 2 heterocycles. The Bertz CT molecular complexity index is 634. The van der Waals surface area contributed by atoms with Gasteiger partial charge in [0.05, 0.1) is 22.3 Å². The third kappa shape index (κ3) is 2.82. The van der Waals surface area contributed by atoms with E-state index in [1.165, 1.54) is 0 Å². The van der Waals surface area contributed by atoms with Crippen LogP contribution in [0.3, 0.4) is 0 Å². The molecule has 0 unspecified atom stereocenters. The molecule has 0 aliphatic carbocycles. The second-order valence-electron chi connectivity index (χ2n) is 4.67. The molecule has 0 bridgehead atoms. The molecule has 0 N–H and O–H groups in total. The van der Waals surface area contributed by atoms with E-state index in [-0.39, 0.29) is 5.78 Å². The first-order valence-electron chi connectivity index (χ1n) is 6.76. The summed E-state index contributed by atoms with van der Waals surface area (Å²) in [5, 5.41) is 4.52. The van der Waals surface area contributed by atoms with E-state index in [1.807, 2.05) is 24.6 Å². The lowest BCUT2D eigenvalue weighted by Crippen LogP contribution is -2.11. The number of aryl methyl sites for hydroxylation is 3. The number of hydrogen-bond acceptors (Lipinski definition) is 3. The molecule has 4 nitrogen and oxygen atoms in total. The maximum atomic E-state index is 12.5. The van der Waals surface area contributed by atoms with Crippen molar-refractivity contribution in [1.82, 2.24) is 14.8 Å². The molecule has 0 spiro atoms. The van der Waals surface area contributed by atoms with Gasteiger partial charge in [0, 0.05) is 24.5 Å². The monoisotopic (exact) mass is 335 g/mol. The number of Topliss-reactive ketones (excluding diaryl/α,β-unsaturated/α-hetero) is 1. The van der Waals surface area contributed by atoms with E-state index in [1.54, 1.807) is 12.4 Å². The van der Waals surface area contributed by atoms with Gasteiger partial charge in [-0.2, -0.15) is 5.10 Å². The SMILES string of the molecule is CCc1nn(CC)c(CC(=O)c2cnccc2C)c1Br. The van der Waals surface area contributed by atoms with E-state index in [4.69, 9.17) is 0 Å². The Labute approximate surface area is 127 Å². The summed E-state index contributed by atoms with van der Waals surface area (Å²) in [7, 11) is 0. The van der Waals surface area contributed by atoms with E-state index in [2.05, 4.69) is 32.9 Å². The van der Waals surface area contributed by atoms with Crippen LogP contribution in [-0.2, 0) is 19.4 Å². The molecule has 0 amide bonds. The zero-order chi connectivity index (χ0) is 14.7. The number of pyridine rings is 1. The molecular weight excluding hydrogens is 318 g/mol. The number of rotatable bonds is 5. The van der Waals surface area contributed by atoms with E-state index in [0.717, 1.165) is 34.4 Å². The van der Waals surface area contributed by atoms with Crippen LogP contribution < -0.4 is 0 Å². The molecule has 0 atom stereocenters. The van der Waals surface area contributed by atoms with Crippen LogP contribution in [0.1, 0.15) is 41.2 Å². The number of hydrogen-bond donors (Lipinski definition) is 0. The molecule has 106 valence electrons. The van der Waals surface area contributed by atoms with Crippen LogP contribution in [0.15, 0.2) is 22.9 Å². The molecule has 5 heteroatoms. The zero-order valence-electron chi connectivity index (χ0n) is 12.0. The highest BCUT2D eigenvalue weighted by Crippen LogP contribution is 2.24. The van der Waals surface area contributed by atoms with Crippen LogP contribution in [0.2, 0.25) is 0 Å². The van der Waals surface area contributed by atoms with Crippen LogP contribution in [0, 0.1) is 6.92 Å². The molecule has 2 aromatic rings. The van der Waals surface area contributed by atoms with Gasteiger partial charge in [0.1, 0.15) is 0 Å². The van der Waals surface area contributed by atoms with Crippen LogP contribution in [0.5, 0.6) is 0 Å². The van der Waals surface area contributed by atoms with Crippen molar-refractivity contribution >= 4 is 21.7 Å². The molecule has 2 aromatic heterocycles. The Morgan fingerprint density at radius 2 is 2.15 bits per heavy atom. The lowest BCUT2D eigenvalue weighted by atomic mass is 10.0. The summed E-state index contributed by atoms with van der Waals surface area (Å²) in [5.74, 6) is 0.0774. The van der Waals surface area contributed by atoms with Gasteiger partial charge >= 0.3 is 0 Å². The highest BCUT2D eigenvalue weighted by molar-refractivity contribution is 9.10. The Morgan fingerprint density at radius 3 is 2.75 bits per heavy atom. The van der Waals surface area contributed by atoms with Crippen molar-refractivity contribution in [2.24, 2.45) is 0 Å². The quantitative estimate of drug-likeness (QED) is 0.787. The first-order valence-corrected chi connectivity index (χ1v) is 7.55. The summed E-state index contributed by atoms with van der Waals surface area (Å²) in [4.78, 5) is 16.5. The summed E-state index contributed by atoms with van der Waals surface area (Å²) in [6, 6.07) is 1.86. The zero-order valence-corrected chi connectivity index (χ0v) is 13.6. The number of aromatic nitrogens is 3. The molecular formula is C15H18BrN3O. The number of carbonyl (C=O) groups is 1. The van der Waals surface area contributed by atoms with Gasteiger partial charge in [0.2, 0.25) is 0 Å². The highest BCUT2D eigenvalue weighted by atomic mass is 79.9. The second-order valence-corrected chi connectivity index (χ2v) is 5.46. The van der Waals surface area contributed by atoms with E-state index in [0.29, 0.717) is 12.0 Å². The minimum absolute atomic E-state index is 0.0774. The molecule has 0 saturated heterocycles. The third-order valence-corrected chi connectivity index (χ3v) is 4.28. The topological polar surface area (TPSA) is 47.8 Å². The summed E-state index contributed by atoms with van der Waals surface area (Å²) >= 11 is 3.57. The van der Waals surface area contributed by atoms with Crippen LogP contribution in [0.4, 0.5) is 0 Å². The van der Waals surface area contributed by atoms with Crippen molar-refractivity contribution in [2.75, 3.05) is 0 Å². The minimum atomic E-state index is 0.0774. The molecule has 20 heavy (non-hydrogen) atoms. The van der Waals surface area contributed by atoms with Crippen molar-refractivity contribution < 1.29 is 4.79 Å². The molecule has 0 fully saturated rings. The number of halogens is 1. The lowest BCUT2D eigenvalue weighted by molar-refractivity contribution is 0.0989. The van der Waals surface area contributed by atoms with Crippen LogP contribution >= 0.6 is 15.9 Å². The summed E-state index contributed by atoms with van der Waals surface area (Å²) in [6.45, 7) is 6.78. The van der Waals surface area contributed by atoms with Gasteiger partial charge in [0.25, 0.3) is 0 Å². The van der Waals surface area contributed by atoms with Crippen LogP contribution in [0.25, 0.3) is 0 Å². The maximum absolute atomic E-state index is 12.5. The van der Waals surface area contributed by atoms with Crippen LogP contribution in [-0.4, -0.2) is 20.5 Å². The van der Waals surface area contributed by atoms with Crippen molar-refractivity contribution in [3.8, 4) is 0 Å². The smallest absolute Gasteiger partial charge is 0.170 e. The van der Waals surface area contributed by atoms with E-state index < -0.39 is 0 Å². The standard InChI is InChI=1S/C15H18BrN3O/c1-4-12-15(16)13(19(5-2)18-12)8-14(20)11-9-17-7-6-10(11)3/h6-7,9H,4-5,8H2,1-3H3. The minimum Gasteiger partial charge on any atom is -0.294 e. The van der Waals surface area contributed by atoms with Crippen molar-refractivity contribution in [3.63, 3.8) is 0 Å². The summed E-state index contributed by atoms with van der Waals surface area (Å²) < 4.78 is 2.85. The summed E-state index contributed by atoms with van der Waals surface area (Å²) in [6.07, 6.45) is 4.53. The van der Waals surface area contributed by atoms with Gasteiger partial charge in [-0.15, -0.1) is 0 Å². The normalized spacial score (nSPS) is 10.8. The fraction of sp³-hybridized carbons (Fsp3) is 0.400. The average molecular weight is 336 g/mol. The fourth-order valence-electron chi connectivity index (χ4n) is 2.19. The average Bonchev–Trinajstić information content (AvgIpc) is 2.75. The van der Waals surface area contributed by atoms with Crippen molar-refractivity contribution in [1.29, 1.82) is 0 Å². The van der Waals surface area contributed by atoms with E-state index >= 15 is 0 Å². The molecule has 0 aromatic carbocycles. The highest BCUT2D eigenvalue weighted by Gasteiger charge is 2.18. The molecule has 0 aliphatic heterocycles. The van der Waals surface area contributed by atoms with Crippen molar-refractivity contribution in [3.05, 3.63) is 45.4 Å². The van der Waals surface area contributed by atoms with E-state index in [9.17, 15) is 4.79 Å². The fourth-order valence-corrected chi connectivity index (χ4v) is 2.89. The Balaban J connectivity index is 2.33. The van der Waals surface area contributed by atoms with Gasteiger partial charge in [0.15, 0.2) is 5.78 Å². The van der Waals surface area contributed by atoms with Gasteiger partial charge in [-0.1, -0.05) is 6.92 Å². The molecule has 0 aliphatic rings.